The van der Waals surface area contributed by atoms with Crippen LogP contribution in [0, 0.1) is 0 Å². The van der Waals surface area contributed by atoms with Crippen LogP contribution in [-0.2, 0) is 87.0 Å². The Morgan fingerprint density at radius 3 is 1.06 bits per heavy atom. The molecule has 2 aliphatic heterocycles. The molecule has 0 aliphatic carbocycles. The lowest BCUT2D eigenvalue weighted by atomic mass is 9.96. The zero-order valence-corrected chi connectivity index (χ0v) is 37.1. The van der Waals surface area contributed by atoms with Crippen LogP contribution in [0.2, 0.25) is 0 Å². The van der Waals surface area contributed by atoms with Gasteiger partial charge in [-0.1, -0.05) is 182 Å². The van der Waals surface area contributed by atoms with E-state index in [1.807, 2.05) is 189 Å². The molecule has 0 amide bonds. The molecule has 2 fully saturated rings. The van der Waals surface area contributed by atoms with Gasteiger partial charge in [-0.05, 0) is 40.3 Å². The predicted molar refractivity (Wildman–Crippen MR) is 246 cm³/mol. The molecule has 2 saturated heterocycles. The Kier molecular flexibility index (Phi) is 17.5. The Morgan fingerprint density at radius 2 is 0.677 bits per heavy atom. The Labute approximate surface area is 383 Å². The summed E-state index contributed by atoms with van der Waals surface area (Å²) in [6, 6.07) is 60.4. The standard InChI is InChI=1S/C55H60O10/c1-40-48(58-34-42-23-11-4-12-24-42)50(59-35-43-25-13-5-14-26-43)53(62-38-46-31-19-8-20-32-46)55(63-40)65-49-47(39-57-33-41-21-9-3-10-22-41)64-54(56-2)52(61-37-45-29-17-7-18-30-45)51(49)60-36-44-27-15-6-16-28-44/h3-32,40,47-55H,33-39H2,1-2H3/t40-,47+,48+,49+,50+,51-,52+,53-,54-,55+/m0/s1. The first-order valence-electron chi connectivity index (χ1n) is 22.5. The van der Waals surface area contributed by atoms with Gasteiger partial charge < -0.3 is 47.4 Å². The monoisotopic (exact) mass is 880 g/mol. The second-order valence-electron chi connectivity index (χ2n) is 16.4. The van der Waals surface area contributed by atoms with E-state index >= 15 is 0 Å². The van der Waals surface area contributed by atoms with Crippen molar-refractivity contribution in [3.8, 4) is 0 Å². The quantitative estimate of drug-likeness (QED) is 0.0657. The van der Waals surface area contributed by atoms with Gasteiger partial charge in [0.1, 0.15) is 42.7 Å². The SMILES string of the molecule is CO[C@H]1O[C@H](COCc2ccccc2)[C@@H](O[C@H]2O[C@@H](C)[C@@H](OCc3ccccc3)[C@@H](OCc3ccccc3)[C@@H]2OCc2ccccc2)[C@H](OCc2ccccc2)[C@H]1OCc1ccccc1. The largest absolute Gasteiger partial charge is 0.374 e. The summed E-state index contributed by atoms with van der Waals surface area (Å²) in [7, 11) is 1.62. The molecule has 0 spiro atoms. The first-order valence-corrected chi connectivity index (χ1v) is 22.5. The molecule has 65 heavy (non-hydrogen) atoms. The van der Waals surface area contributed by atoms with E-state index in [0.717, 1.165) is 33.4 Å². The molecule has 2 heterocycles. The highest BCUT2D eigenvalue weighted by Gasteiger charge is 2.54. The van der Waals surface area contributed by atoms with Crippen LogP contribution >= 0.6 is 0 Å². The molecular weight excluding hydrogens is 821 g/mol. The minimum atomic E-state index is -0.979. The number of hydrogen-bond acceptors (Lipinski definition) is 10. The van der Waals surface area contributed by atoms with Gasteiger partial charge in [0.05, 0.1) is 52.4 Å². The number of hydrogen-bond donors (Lipinski definition) is 0. The van der Waals surface area contributed by atoms with Crippen LogP contribution in [0.3, 0.4) is 0 Å². The van der Waals surface area contributed by atoms with Gasteiger partial charge in [0, 0.05) is 7.11 Å². The van der Waals surface area contributed by atoms with E-state index in [4.69, 9.17) is 47.4 Å². The van der Waals surface area contributed by atoms with Crippen molar-refractivity contribution in [2.75, 3.05) is 13.7 Å². The van der Waals surface area contributed by atoms with E-state index in [0.29, 0.717) is 19.8 Å². The van der Waals surface area contributed by atoms with Crippen LogP contribution in [0.15, 0.2) is 182 Å². The lowest BCUT2D eigenvalue weighted by molar-refractivity contribution is -0.372. The fourth-order valence-electron chi connectivity index (χ4n) is 8.27. The molecular formula is C55H60O10. The molecule has 6 aromatic carbocycles. The summed E-state index contributed by atoms with van der Waals surface area (Å²) < 4.78 is 68.0. The molecule has 10 atom stereocenters. The molecule has 10 nitrogen and oxygen atoms in total. The van der Waals surface area contributed by atoms with Crippen LogP contribution in [-0.4, -0.2) is 75.1 Å². The number of methoxy groups -OCH3 is 1. The summed E-state index contributed by atoms with van der Waals surface area (Å²) in [5.41, 5.74) is 6.06. The lowest BCUT2D eigenvalue weighted by Crippen LogP contribution is -2.65. The van der Waals surface area contributed by atoms with Gasteiger partial charge in [0.15, 0.2) is 12.6 Å². The minimum Gasteiger partial charge on any atom is -0.374 e. The second kappa shape index (κ2) is 24.4. The fraction of sp³-hybridized carbons (Fsp3) is 0.345. The average molecular weight is 881 g/mol. The normalized spacial score (nSPS) is 25.6. The maximum atomic E-state index is 7.34. The van der Waals surface area contributed by atoms with E-state index in [1.165, 1.54) is 0 Å². The third kappa shape index (κ3) is 13.3. The summed E-state index contributed by atoms with van der Waals surface area (Å²) in [4.78, 5) is 0. The van der Waals surface area contributed by atoms with E-state index < -0.39 is 61.4 Å². The fourth-order valence-corrected chi connectivity index (χ4v) is 8.27. The first kappa shape index (κ1) is 46.4. The molecule has 0 bridgehead atoms. The second-order valence-corrected chi connectivity index (χ2v) is 16.4. The van der Waals surface area contributed by atoms with E-state index in [-0.39, 0.29) is 26.4 Å². The van der Waals surface area contributed by atoms with Crippen molar-refractivity contribution >= 4 is 0 Å². The van der Waals surface area contributed by atoms with Crippen LogP contribution in [0.5, 0.6) is 0 Å². The Morgan fingerprint density at radius 1 is 0.354 bits per heavy atom. The molecule has 8 rings (SSSR count). The zero-order chi connectivity index (χ0) is 44.5. The third-order valence-corrected chi connectivity index (χ3v) is 11.7. The van der Waals surface area contributed by atoms with Gasteiger partial charge in [-0.25, -0.2) is 0 Å². The molecule has 0 saturated carbocycles. The highest BCUT2D eigenvalue weighted by Crippen LogP contribution is 2.36. The highest BCUT2D eigenvalue weighted by molar-refractivity contribution is 5.18. The van der Waals surface area contributed by atoms with E-state index in [1.54, 1.807) is 7.11 Å². The van der Waals surface area contributed by atoms with Crippen LogP contribution in [0.1, 0.15) is 40.3 Å². The van der Waals surface area contributed by atoms with Crippen LogP contribution < -0.4 is 0 Å². The van der Waals surface area contributed by atoms with Gasteiger partial charge in [0.25, 0.3) is 0 Å². The maximum Gasteiger partial charge on any atom is 0.187 e. The summed E-state index contributed by atoms with van der Waals surface area (Å²) >= 11 is 0. The molecule has 2 aliphatic rings. The smallest absolute Gasteiger partial charge is 0.187 e. The molecule has 0 unspecified atom stereocenters. The van der Waals surface area contributed by atoms with Gasteiger partial charge in [-0.3, -0.25) is 0 Å². The molecule has 10 heteroatoms. The van der Waals surface area contributed by atoms with Crippen LogP contribution in [0.25, 0.3) is 0 Å². The third-order valence-electron chi connectivity index (χ3n) is 11.7. The van der Waals surface area contributed by atoms with Crippen molar-refractivity contribution in [2.45, 2.75) is 108 Å². The number of ether oxygens (including phenoxy) is 10. The molecule has 340 valence electrons. The van der Waals surface area contributed by atoms with Gasteiger partial charge in [-0.15, -0.1) is 0 Å². The summed E-state index contributed by atoms with van der Waals surface area (Å²) in [6.45, 7) is 4.02. The van der Waals surface area contributed by atoms with Crippen molar-refractivity contribution in [1.29, 1.82) is 0 Å². The Balaban J connectivity index is 1.15. The topological polar surface area (TPSA) is 92.3 Å². The Hall–Kier alpha value is -5.08. The predicted octanol–water partition coefficient (Wildman–Crippen LogP) is 9.63. The van der Waals surface area contributed by atoms with Crippen molar-refractivity contribution in [2.24, 2.45) is 0 Å². The van der Waals surface area contributed by atoms with Crippen molar-refractivity contribution < 1.29 is 47.4 Å². The summed E-state index contributed by atoms with van der Waals surface area (Å²) in [5.74, 6) is 0. The minimum absolute atomic E-state index is 0.157. The number of benzene rings is 6. The van der Waals surface area contributed by atoms with Crippen molar-refractivity contribution in [1.82, 2.24) is 0 Å². The summed E-state index contributed by atoms with van der Waals surface area (Å²) in [6.07, 6.45) is -7.18. The summed E-state index contributed by atoms with van der Waals surface area (Å²) in [5, 5.41) is 0. The van der Waals surface area contributed by atoms with Crippen molar-refractivity contribution in [3.05, 3.63) is 215 Å². The van der Waals surface area contributed by atoms with E-state index in [9.17, 15) is 0 Å². The molecule has 6 aromatic rings. The van der Waals surface area contributed by atoms with Gasteiger partial charge in [-0.2, -0.15) is 0 Å². The molecule has 0 N–H and O–H groups in total. The van der Waals surface area contributed by atoms with Crippen LogP contribution in [0.4, 0.5) is 0 Å². The lowest BCUT2D eigenvalue weighted by Gasteiger charge is -2.49. The van der Waals surface area contributed by atoms with E-state index in [2.05, 4.69) is 0 Å². The maximum absolute atomic E-state index is 7.34. The zero-order valence-electron chi connectivity index (χ0n) is 37.1. The van der Waals surface area contributed by atoms with Crippen molar-refractivity contribution in [3.63, 3.8) is 0 Å². The van der Waals surface area contributed by atoms with Gasteiger partial charge >= 0.3 is 0 Å². The Bertz CT molecular complexity index is 2200. The first-order chi connectivity index (χ1) is 32.1. The highest BCUT2D eigenvalue weighted by atomic mass is 16.8. The number of rotatable bonds is 22. The molecule has 0 radical (unpaired) electrons. The molecule has 0 aromatic heterocycles. The van der Waals surface area contributed by atoms with Gasteiger partial charge in [0.2, 0.25) is 0 Å². The average Bonchev–Trinajstić information content (AvgIpc) is 3.36.